The average molecular weight is 593 g/mol. The summed E-state index contributed by atoms with van der Waals surface area (Å²) in [6.07, 6.45) is 0.308. The number of ether oxygens (including phenoxy) is 1. The van der Waals surface area contributed by atoms with Crippen LogP contribution in [-0.4, -0.2) is 48.0 Å². The number of nitrogens with zero attached hydrogens (tertiary/aromatic N) is 1. The first-order valence-corrected chi connectivity index (χ1v) is 14.8. The number of hydrogen-bond donors (Lipinski definition) is 2. The second kappa shape index (κ2) is 14.5. The number of carbonyl (C=O) groups is 3. The monoisotopic (exact) mass is 592 g/mol. The molecule has 7 nitrogen and oxygen atoms in total. The molecule has 0 heterocycles. The number of para-hydroxylation sites is 1. The normalized spacial score (nSPS) is 11.1. The Morgan fingerprint density at radius 2 is 1.36 bits per heavy atom. The molecule has 0 saturated carbocycles. The van der Waals surface area contributed by atoms with Gasteiger partial charge in [0.25, 0.3) is 11.8 Å². The third kappa shape index (κ3) is 8.13. The molecule has 4 rings (SSSR count). The van der Waals surface area contributed by atoms with Gasteiger partial charge in [0.05, 0.1) is 13.5 Å². The zero-order valence-electron chi connectivity index (χ0n) is 25.8. The molecule has 0 aliphatic heterocycles. The first kappa shape index (κ1) is 32.0. The van der Waals surface area contributed by atoms with Crippen molar-refractivity contribution >= 4 is 17.8 Å². The van der Waals surface area contributed by atoms with Gasteiger partial charge in [-0.3, -0.25) is 14.4 Å². The summed E-state index contributed by atoms with van der Waals surface area (Å²) in [5.74, 6) is -0.820. The molecule has 2 N–H and O–H groups in total. The molecule has 0 unspecified atom stereocenters. The Bertz CT molecular complexity index is 1600. The lowest BCUT2D eigenvalue weighted by atomic mass is 9.87. The van der Waals surface area contributed by atoms with Gasteiger partial charge in [-0.05, 0) is 57.9 Å². The Kier molecular flexibility index (Phi) is 10.6. The van der Waals surface area contributed by atoms with Crippen molar-refractivity contribution < 1.29 is 24.2 Å². The Hall–Kier alpha value is -4.91. The second-order valence-corrected chi connectivity index (χ2v) is 11.7. The topological polar surface area (TPSA) is 95.9 Å². The van der Waals surface area contributed by atoms with Gasteiger partial charge < -0.3 is 20.1 Å². The van der Waals surface area contributed by atoms with Crippen molar-refractivity contribution in [3.8, 4) is 16.9 Å². The van der Waals surface area contributed by atoms with Crippen LogP contribution >= 0.6 is 0 Å². The molecule has 0 radical (unpaired) electrons. The lowest BCUT2D eigenvalue weighted by Crippen LogP contribution is -2.35. The summed E-state index contributed by atoms with van der Waals surface area (Å²) in [6, 6.07) is 30.1. The summed E-state index contributed by atoms with van der Waals surface area (Å²) in [5, 5.41) is 12.4. The standard InChI is InChI=1S/C37H40N2O5/c1-37(2,3)28-19-17-26(18-20-28)25-38-35(42)31-14-8-6-12-29(31)30-13-7-9-15-32(30)36(43)39(24-22-34(40)41)23-21-27-11-5-10-16-33(27)44-4/h5-20H,21-25H2,1-4H3,(H,38,42)(H,40,41). The van der Waals surface area contributed by atoms with Crippen LogP contribution in [0.1, 0.15) is 64.6 Å². The molecule has 0 aliphatic carbocycles. The van der Waals surface area contributed by atoms with Crippen molar-refractivity contribution in [2.24, 2.45) is 0 Å². The molecule has 228 valence electrons. The molecule has 0 aromatic heterocycles. The molecular formula is C37H40N2O5. The summed E-state index contributed by atoms with van der Waals surface area (Å²) in [6.45, 7) is 7.20. The molecule has 0 spiro atoms. The zero-order valence-corrected chi connectivity index (χ0v) is 25.8. The van der Waals surface area contributed by atoms with Gasteiger partial charge in [0.15, 0.2) is 0 Å². The van der Waals surface area contributed by atoms with E-state index in [-0.39, 0.29) is 30.2 Å². The number of carboxylic acids is 1. The number of hydrogen-bond acceptors (Lipinski definition) is 4. The first-order chi connectivity index (χ1) is 21.1. The van der Waals surface area contributed by atoms with Gasteiger partial charge in [-0.1, -0.05) is 99.6 Å². The molecule has 0 aliphatic rings. The van der Waals surface area contributed by atoms with Crippen molar-refractivity contribution in [2.45, 2.75) is 45.6 Å². The van der Waals surface area contributed by atoms with E-state index in [0.29, 0.717) is 47.5 Å². The Balaban J connectivity index is 1.58. The minimum Gasteiger partial charge on any atom is -0.496 e. The Morgan fingerprint density at radius 3 is 2.00 bits per heavy atom. The molecule has 2 amide bonds. The molecule has 0 bridgehead atoms. The highest BCUT2D eigenvalue weighted by atomic mass is 16.5. The van der Waals surface area contributed by atoms with Crippen LogP contribution in [0.25, 0.3) is 11.1 Å². The number of aliphatic carboxylic acids is 1. The van der Waals surface area contributed by atoms with E-state index in [1.807, 2.05) is 60.7 Å². The number of carboxylic acid groups (broad SMARTS) is 1. The van der Waals surface area contributed by atoms with Crippen molar-refractivity contribution in [2.75, 3.05) is 20.2 Å². The summed E-state index contributed by atoms with van der Waals surface area (Å²) in [4.78, 5) is 40.5. The van der Waals surface area contributed by atoms with E-state index in [0.717, 1.165) is 11.1 Å². The minimum absolute atomic E-state index is 0.0448. The maximum Gasteiger partial charge on any atom is 0.305 e. The lowest BCUT2D eigenvalue weighted by molar-refractivity contribution is -0.137. The van der Waals surface area contributed by atoms with E-state index in [1.54, 1.807) is 36.3 Å². The fourth-order valence-corrected chi connectivity index (χ4v) is 5.10. The molecule has 44 heavy (non-hydrogen) atoms. The van der Waals surface area contributed by atoms with Crippen LogP contribution in [0, 0.1) is 0 Å². The molecule has 0 saturated heterocycles. The van der Waals surface area contributed by atoms with Gasteiger partial charge in [-0.25, -0.2) is 0 Å². The summed E-state index contributed by atoms with van der Waals surface area (Å²) in [7, 11) is 1.60. The molecule has 7 heteroatoms. The highest BCUT2D eigenvalue weighted by Crippen LogP contribution is 2.29. The molecule has 4 aromatic rings. The average Bonchev–Trinajstić information content (AvgIpc) is 3.03. The maximum absolute atomic E-state index is 14.0. The molecular weight excluding hydrogens is 552 g/mol. The van der Waals surface area contributed by atoms with E-state index in [9.17, 15) is 19.5 Å². The van der Waals surface area contributed by atoms with Gasteiger partial charge in [-0.15, -0.1) is 0 Å². The predicted molar refractivity (Wildman–Crippen MR) is 173 cm³/mol. The van der Waals surface area contributed by atoms with Gasteiger partial charge >= 0.3 is 5.97 Å². The van der Waals surface area contributed by atoms with Gasteiger partial charge in [0.1, 0.15) is 5.75 Å². The molecule has 0 atom stereocenters. The number of rotatable bonds is 12. The van der Waals surface area contributed by atoms with Crippen molar-refractivity contribution in [1.82, 2.24) is 10.2 Å². The van der Waals surface area contributed by atoms with Crippen LogP contribution in [0.15, 0.2) is 97.1 Å². The van der Waals surface area contributed by atoms with E-state index >= 15 is 0 Å². The third-order valence-corrected chi connectivity index (χ3v) is 7.62. The van der Waals surface area contributed by atoms with Crippen LogP contribution in [0.2, 0.25) is 0 Å². The molecule has 4 aromatic carbocycles. The summed E-state index contributed by atoms with van der Waals surface area (Å²) < 4.78 is 5.46. The largest absolute Gasteiger partial charge is 0.496 e. The van der Waals surface area contributed by atoms with Crippen molar-refractivity contribution in [1.29, 1.82) is 0 Å². The number of carbonyl (C=O) groups excluding carboxylic acids is 2. The minimum atomic E-state index is -0.983. The third-order valence-electron chi connectivity index (χ3n) is 7.62. The fraction of sp³-hybridized carbons (Fsp3) is 0.270. The number of methoxy groups -OCH3 is 1. The predicted octanol–water partition coefficient (Wildman–Crippen LogP) is 6.75. The quantitative estimate of drug-likeness (QED) is 0.190. The first-order valence-electron chi connectivity index (χ1n) is 14.8. The van der Waals surface area contributed by atoms with Crippen molar-refractivity contribution in [3.63, 3.8) is 0 Å². The number of benzene rings is 4. The van der Waals surface area contributed by atoms with Gasteiger partial charge in [0, 0.05) is 30.8 Å². The van der Waals surface area contributed by atoms with Crippen LogP contribution in [0.3, 0.4) is 0 Å². The maximum atomic E-state index is 14.0. The van der Waals surface area contributed by atoms with Gasteiger partial charge in [-0.2, -0.15) is 0 Å². The SMILES string of the molecule is COc1ccccc1CCN(CCC(=O)O)C(=O)c1ccccc1-c1ccccc1C(=O)NCc1ccc(C(C)(C)C)cc1. The van der Waals surface area contributed by atoms with Crippen LogP contribution in [-0.2, 0) is 23.2 Å². The van der Waals surface area contributed by atoms with E-state index in [1.165, 1.54) is 5.56 Å². The van der Waals surface area contributed by atoms with Crippen LogP contribution < -0.4 is 10.1 Å². The Labute approximate surface area is 259 Å². The van der Waals surface area contributed by atoms with Crippen LogP contribution in [0.5, 0.6) is 5.75 Å². The van der Waals surface area contributed by atoms with Crippen molar-refractivity contribution in [3.05, 3.63) is 125 Å². The fourth-order valence-electron chi connectivity index (χ4n) is 5.10. The lowest BCUT2D eigenvalue weighted by Gasteiger charge is -2.24. The Morgan fingerprint density at radius 1 is 0.773 bits per heavy atom. The van der Waals surface area contributed by atoms with E-state index < -0.39 is 5.97 Å². The van der Waals surface area contributed by atoms with Crippen LogP contribution in [0.4, 0.5) is 0 Å². The highest BCUT2D eigenvalue weighted by molar-refractivity contribution is 6.06. The number of nitrogens with one attached hydrogen (secondary N) is 1. The zero-order chi connectivity index (χ0) is 31.7. The van der Waals surface area contributed by atoms with Gasteiger partial charge in [0.2, 0.25) is 0 Å². The smallest absolute Gasteiger partial charge is 0.305 e. The highest BCUT2D eigenvalue weighted by Gasteiger charge is 2.23. The summed E-state index contributed by atoms with van der Waals surface area (Å²) in [5.41, 5.74) is 5.26. The van der Waals surface area contributed by atoms with E-state index in [4.69, 9.17) is 4.74 Å². The second-order valence-electron chi connectivity index (χ2n) is 11.7. The van der Waals surface area contributed by atoms with E-state index in [2.05, 4.69) is 38.2 Å². The summed E-state index contributed by atoms with van der Waals surface area (Å²) >= 11 is 0. The number of amides is 2. The molecule has 0 fully saturated rings.